The van der Waals surface area contributed by atoms with Crippen molar-refractivity contribution in [1.29, 1.82) is 0 Å². The number of carbonyl (C=O) groups excluding carboxylic acids is 1. The van der Waals surface area contributed by atoms with E-state index >= 15 is 0 Å². The van der Waals surface area contributed by atoms with E-state index < -0.39 is 12.0 Å². The van der Waals surface area contributed by atoms with E-state index in [1.807, 2.05) is 0 Å². The van der Waals surface area contributed by atoms with Crippen LogP contribution in [0, 0.1) is 5.92 Å². The van der Waals surface area contributed by atoms with Crippen LogP contribution in [0.25, 0.3) is 0 Å². The molecule has 1 unspecified atom stereocenters. The first kappa shape index (κ1) is 16.9. The van der Waals surface area contributed by atoms with Gasteiger partial charge < -0.3 is 24.6 Å². The molecule has 0 radical (unpaired) electrons. The van der Waals surface area contributed by atoms with Crippen LogP contribution < -0.4 is 19.5 Å². The summed E-state index contributed by atoms with van der Waals surface area (Å²) < 4.78 is 15.7. The maximum absolute atomic E-state index is 12.1. The average molecular weight is 323 g/mol. The lowest BCUT2D eigenvalue weighted by Crippen LogP contribution is -2.43. The highest BCUT2D eigenvalue weighted by atomic mass is 16.5. The van der Waals surface area contributed by atoms with Crippen molar-refractivity contribution in [2.24, 2.45) is 5.92 Å². The van der Waals surface area contributed by atoms with Gasteiger partial charge in [0.1, 0.15) is 6.04 Å². The monoisotopic (exact) mass is 323 g/mol. The summed E-state index contributed by atoms with van der Waals surface area (Å²) in [6.07, 6.45) is 1.70. The van der Waals surface area contributed by atoms with Crippen LogP contribution in [0.2, 0.25) is 0 Å². The van der Waals surface area contributed by atoms with Gasteiger partial charge >= 0.3 is 5.97 Å². The van der Waals surface area contributed by atoms with Crippen molar-refractivity contribution >= 4 is 11.9 Å². The molecule has 1 aromatic carbocycles. The third kappa shape index (κ3) is 4.06. The third-order valence-corrected chi connectivity index (χ3v) is 3.77. The van der Waals surface area contributed by atoms with Gasteiger partial charge in [-0.2, -0.15) is 0 Å². The summed E-state index contributed by atoms with van der Waals surface area (Å²) in [5.41, 5.74) is 0.650. The number of carboxylic acid groups (broad SMARTS) is 1. The van der Waals surface area contributed by atoms with Gasteiger partial charge in [-0.15, -0.1) is 0 Å². The summed E-state index contributed by atoms with van der Waals surface area (Å²) in [6, 6.07) is 2.53. The predicted octanol–water partition coefficient (Wildman–Crippen LogP) is 1.23. The Kier molecular flexibility index (Phi) is 5.31. The Balaban J connectivity index is 2.12. The zero-order valence-corrected chi connectivity index (χ0v) is 13.4. The Morgan fingerprint density at radius 1 is 1.17 bits per heavy atom. The fourth-order valence-electron chi connectivity index (χ4n) is 2.46. The molecule has 2 N–H and O–H groups in total. The standard InChI is InChI=1S/C16H21NO6/c1-21-11-6-9(7-12(22-2)15(11)23-3)8-13(18)17-14(16(19)20)10-4-5-10/h6-7,10,14H,4-5,8H2,1-3H3,(H,17,18)(H,19,20). The minimum atomic E-state index is -0.995. The molecule has 0 bridgehead atoms. The minimum Gasteiger partial charge on any atom is -0.493 e. The Morgan fingerprint density at radius 2 is 1.74 bits per heavy atom. The van der Waals surface area contributed by atoms with Gasteiger partial charge in [-0.05, 0) is 36.5 Å². The second-order valence-electron chi connectivity index (χ2n) is 5.43. The van der Waals surface area contributed by atoms with Crippen molar-refractivity contribution < 1.29 is 28.9 Å². The van der Waals surface area contributed by atoms with E-state index in [0.29, 0.717) is 22.8 Å². The van der Waals surface area contributed by atoms with E-state index in [4.69, 9.17) is 19.3 Å². The zero-order valence-electron chi connectivity index (χ0n) is 13.4. The fraction of sp³-hybridized carbons (Fsp3) is 0.500. The Labute approximate surface area is 134 Å². The largest absolute Gasteiger partial charge is 0.493 e. The van der Waals surface area contributed by atoms with Crippen LogP contribution in [0.3, 0.4) is 0 Å². The number of amides is 1. The second-order valence-corrected chi connectivity index (χ2v) is 5.43. The van der Waals surface area contributed by atoms with E-state index in [1.54, 1.807) is 12.1 Å². The first-order valence-corrected chi connectivity index (χ1v) is 7.31. The van der Waals surface area contributed by atoms with Crippen LogP contribution in [0.4, 0.5) is 0 Å². The molecule has 0 saturated heterocycles. The lowest BCUT2D eigenvalue weighted by Gasteiger charge is -2.16. The number of carbonyl (C=O) groups is 2. The quantitative estimate of drug-likeness (QED) is 0.747. The number of hydrogen-bond donors (Lipinski definition) is 2. The van der Waals surface area contributed by atoms with E-state index in [2.05, 4.69) is 5.32 Å². The lowest BCUT2D eigenvalue weighted by molar-refractivity contribution is -0.142. The van der Waals surface area contributed by atoms with Crippen molar-refractivity contribution in [2.45, 2.75) is 25.3 Å². The minimum absolute atomic E-state index is 0.0349. The number of hydrogen-bond acceptors (Lipinski definition) is 5. The number of carboxylic acids is 1. The average Bonchev–Trinajstić information content (AvgIpc) is 3.35. The fourth-order valence-corrected chi connectivity index (χ4v) is 2.46. The number of ether oxygens (including phenoxy) is 3. The SMILES string of the molecule is COc1cc(CC(=O)NC(C(=O)O)C2CC2)cc(OC)c1OC. The highest BCUT2D eigenvalue weighted by Crippen LogP contribution is 2.38. The molecule has 1 fully saturated rings. The van der Waals surface area contributed by atoms with Crippen molar-refractivity contribution in [3.8, 4) is 17.2 Å². The van der Waals surface area contributed by atoms with Gasteiger partial charge in [0, 0.05) is 0 Å². The molecule has 7 heteroatoms. The van der Waals surface area contributed by atoms with Crippen LogP contribution >= 0.6 is 0 Å². The summed E-state index contributed by atoms with van der Waals surface area (Å²) >= 11 is 0. The van der Waals surface area contributed by atoms with Crippen LogP contribution in [-0.4, -0.2) is 44.4 Å². The van der Waals surface area contributed by atoms with E-state index in [9.17, 15) is 9.59 Å². The molecule has 1 amide bonds. The maximum atomic E-state index is 12.1. The highest BCUT2D eigenvalue weighted by Gasteiger charge is 2.37. The molecule has 0 aliphatic heterocycles. The number of rotatable bonds is 8. The van der Waals surface area contributed by atoms with Gasteiger partial charge in [-0.1, -0.05) is 0 Å². The van der Waals surface area contributed by atoms with E-state index in [-0.39, 0.29) is 18.2 Å². The van der Waals surface area contributed by atoms with E-state index in [0.717, 1.165) is 12.8 Å². The molecule has 2 rings (SSSR count). The summed E-state index contributed by atoms with van der Waals surface area (Å²) in [6.45, 7) is 0. The molecular weight excluding hydrogens is 302 g/mol. The van der Waals surface area contributed by atoms with Crippen LogP contribution in [-0.2, 0) is 16.0 Å². The molecule has 0 aromatic heterocycles. The molecule has 0 heterocycles. The smallest absolute Gasteiger partial charge is 0.326 e. The molecule has 126 valence electrons. The molecular formula is C16H21NO6. The highest BCUT2D eigenvalue weighted by molar-refractivity contribution is 5.85. The van der Waals surface area contributed by atoms with Gasteiger partial charge in [0.05, 0.1) is 27.8 Å². The predicted molar refractivity (Wildman–Crippen MR) is 82.1 cm³/mol. The van der Waals surface area contributed by atoms with Crippen LogP contribution in [0.1, 0.15) is 18.4 Å². The lowest BCUT2D eigenvalue weighted by atomic mass is 10.1. The second kappa shape index (κ2) is 7.21. The topological polar surface area (TPSA) is 94.1 Å². The maximum Gasteiger partial charge on any atom is 0.326 e. The van der Waals surface area contributed by atoms with Gasteiger partial charge in [0.25, 0.3) is 0 Å². The van der Waals surface area contributed by atoms with Crippen LogP contribution in [0.15, 0.2) is 12.1 Å². The van der Waals surface area contributed by atoms with Crippen molar-refractivity contribution in [3.63, 3.8) is 0 Å². The number of aliphatic carboxylic acids is 1. The molecule has 1 atom stereocenters. The summed E-state index contributed by atoms with van der Waals surface area (Å²) in [7, 11) is 4.49. The Morgan fingerprint density at radius 3 is 2.13 bits per heavy atom. The van der Waals surface area contributed by atoms with Crippen molar-refractivity contribution in [1.82, 2.24) is 5.32 Å². The first-order chi connectivity index (χ1) is 11.0. The number of benzene rings is 1. The van der Waals surface area contributed by atoms with Crippen molar-refractivity contribution in [2.75, 3.05) is 21.3 Å². The Bertz CT molecular complexity index is 571. The molecule has 1 saturated carbocycles. The molecule has 1 aliphatic rings. The molecule has 1 aliphatic carbocycles. The van der Waals surface area contributed by atoms with Gasteiger partial charge in [-0.3, -0.25) is 4.79 Å². The zero-order chi connectivity index (χ0) is 17.0. The van der Waals surface area contributed by atoms with Gasteiger partial charge in [0.2, 0.25) is 11.7 Å². The Hall–Kier alpha value is -2.44. The molecule has 23 heavy (non-hydrogen) atoms. The summed E-state index contributed by atoms with van der Waals surface area (Å²) in [5, 5.41) is 11.7. The normalized spacial score (nSPS) is 14.7. The number of methoxy groups -OCH3 is 3. The van der Waals surface area contributed by atoms with Crippen molar-refractivity contribution in [3.05, 3.63) is 17.7 Å². The van der Waals surface area contributed by atoms with E-state index in [1.165, 1.54) is 21.3 Å². The molecule has 1 aromatic rings. The first-order valence-electron chi connectivity index (χ1n) is 7.31. The summed E-state index contributed by atoms with van der Waals surface area (Å²) in [5.74, 6) is 0.0412. The van der Waals surface area contributed by atoms with Crippen LogP contribution in [0.5, 0.6) is 17.2 Å². The number of nitrogens with one attached hydrogen (secondary N) is 1. The van der Waals surface area contributed by atoms with Gasteiger partial charge in [0.15, 0.2) is 11.5 Å². The summed E-state index contributed by atoms with van der Waals surface area (Å²) in [4.78, 5) is 23.3. The third-order valence-electron chi connectivity index (χ3n) is 3.77. The molecule has 7 nitrogen and oxygen atoms in total. The van der Waals surface area contributed by atoms with Gasteiger partial charge in [-0.25, -0.2) is 4.79 Å². The molecule has 0 spiro atoms.